The maximum Gasteiger partial charge on any atom is 0.329 e. The van der Waals surface area contributed by atoms with Crippen molar-refractivity contribution >= 4 is 17.5 Å². The van der Waals surface area contributed by atoms with Gasteiger partial charge in [0, 0.05) is 13.6 Å². The third-order valence-electron chi connectivity index (χ3n) is 2.54. The van der Waals surface area contributed by atoms with Crippen molar-refractivity contribution in [2.75, 3.05) is 44.6 Å². The molecule has 9 nitrogen and oxygen atoms in total. The van der Waals surface area contributed by atoms with Gasteiger partial charge in [-0.3, -0.25) is 15.5 Å². The van der Waals surface area contributed by atoms with Gasteiger partial charge >= 0.3 is 5.69 Å². The highest BCUT2D eigenvalue weighted by Crippen LogP contribution is 2.24. The molecule has 0 aromatic carbocycles. The minimum Gasteiger partial charge on any atom is -0.354 e. The molecule has 1 aromatic heterocycles. The number of nitrogens with zero attached hydrogens (tertiary/aromatic N) is 5. The van der Waals surface area contributed by atoms with E-state index < -0.39 is 4.92 Å². The Bertz CT molecular complexity index is 438. The molecule has 3 N–H and O–H groups in total. The Hall–Kier alpha value is -2.00. The van der Waals surface area contributed by atoms with Gasteiger partial charge in [0.05, 0.1) is 4.92 Å². The molecular formula is C10H19N7O2. The monoisotopic (exact) mass is 269 g/mol. The fraction of sp³-hybridized carbons (Fsp3) is 0.600. The fourth-order valence-corrected chi connectivity index (χ4v) is 1.58. The summed E-state index contributed by atoms with van der Waals surface area (Å²) in [4.78, 5) is 22.0. The molecule has 0 aliphatic carbocycles. The van der Waals surface area contributed by atoms with Crippen molar-refractivity contribution in [2.45, 2.75) is 6.42 Å². The Morgan fingerprint density at radius 2 is 2.11 bits per heavy atom. The number of rotatable bonds is 7. The number of nitrogens with two attached hydrogens (primary N) is 1. The normalized spacial score (nSPS) is 10.6. The summed E-state index contributed by atoms with van der Waals surface area (Å²) in [5.74, 6) is 5.62. The summed E-state index contributed by atoms with van der Waals surface area (Å²) in [6.45, 7) is 1.55. The Balaban J connectivity index is 2.86. The summed E-state index contributed by atoms with van der Waals surface area (Å²) < 4.78 is 0. The number of nitrogen functional groups attached to an aromatic ring is 1. The molecule has 0 spiro atoms. The summed E-state index contributed by atoms with van der Waals surface area (Å²) >= 11 is 0. The number of nitro groups is 1. The van der Waals surface area contributed by atoms with Crippen LogP contribution in [0.2, 0.25) is 0 Å². The van der Waals surface area contributed by atoms with Gasteiger partial charge in [-0.2, -0.15) is 4.98 Å². The second kappa shape index (κ2) is 6.81. The highest BCUT2D eigenvalue weighted by atomic mass is 16.6. The van der Waals surface area contributed by atoms with E-state index in [0.717, 1.165) is 19.2 Å². The molecule has 0 amide bonds. The maximum atomic E-state index is 10.9. The first kappa shape index (κ1) is 15.1. The lowest BCUT2D eigenvalue weighted by atomic mass is 10.3. The van der Waals surface area contributed by atoms with Crippen LogP contribution in [0.3, 0.4) is 0 Å². The van der Waals surface area contributed by atoms with Crippen molar-refractivity contribution in [1.82, 2.24) is 14.9 Å². The van der Waals surface area contributed by atoms with E-state index in [9.17, 15) is 10.1 Å². The number of hydrazine groups is 1. The SMILES string of the molecule is CN(C)CCCN(C)c1nc(NN)ncc1[N+](=O)[O-]. The van der Waals surface area contributed by atoms with Crippen LogP contribution in [0, 0.1) is 10.1 Å². The van der Waals surface area contributed by atoms with Gasteiger partial charge in [-0.1, -0.05) is 0 Å². The van der Waals surface area contributed by atoms with Gasteiger partial charge in [-0.25, -0.2) is 10.8 Å². The first-order chi connectivity index (χ1) is 8.95. The quantitative estimate of drug-likeness (QED) is 0.406. The van der Waals surface area contributed by atoms with Crippen LogP contribution in [0.25, 0.3) is 0 Å². The second-order valence-corrected chi connectivity index (χ2v) is 4.38. The summed E-state index contributed by atoms with van der Waals surface area (Å²) in [5.41, 5.74) is 2.15. The van der Waals surface area contributed by atoms with Crippen LogP contribution in [0.4, 0.5) is 17.5 Å². The van der Waals surface area contributed by atoms with Crippen LogP contribution in [0.1, 0.15) is 6.42 Å². The van der Waals surface area contributed by atoms with Crippen molar-refractivity contribution < 1.29 is 4.92 Å². The van der Waals surface area contributed by atoms with Crippen LogP contribution < -0.4 is 16.2 Å². The minimum absolute atomic E-state index is 0.133. The van der Waals surface area contributed by atoms with Crippen LogP contribution in [0.5, 0.6) is 0 Å². The molecule has 0 radical (unpaired) electrons. The Labute approximate surface area is 111 Å². The van der Waals surface area contributed by atoms with Crippen LogP contribution in [0.15, 0.2) is 6.20 Å². The van der Waals surface area contributed by atoms with E-state index in [1.165, 1.54) is 0 Å². The smallest absolute Gasteiger partial charge is 0.329 e. The van der Waals surface area contributed by atoms with Crippen molar-refractivity contribution in [3.63, 3.8) is 0 Å². The number of anilines is 2. The number of nitrogens with one attached hydrogen (secondary N) is 1. The molecule has 106 valence electrons. The van der Waals surface area contributed by atoms with Crippen molar-refractivity contribution in [1.29, 1.82) is 0 Å². The van der Waals surface area contributed by atoms with E-state index in [1.54, 1.807) is 11.9 Å². The molecule has 19 heavy (non-hydrogen) atoms. The molecule has 0 aliphatic rings. The summed E-state index contributed by atoms with van der Waals surface area (Å²) in [6, 6.07) is 0. The molecule has 9 heteroatoms. The largest absolute Gasteiger partial charge is 0.354 e. The number of hydrogen-bond acceptors (Lipinski definition) is 8. The van der Waals surface area contributed by atoms with Gasteiger partial charge in [-0.15, -0.1) is 0 Å². The van der Waals surface area contributed by atoms with E-state index >= 15 is 0 Å². The summed E-state index contributed by atoms with van der Waals surface area (Å²) in [6.07, 6.45) is 2.02. The highest BCUT2D eigenvalue weighted by Gasteiger charge is 2.20. The average molecular weight is 269 g/mol. The minimum atomic E-state index is -0.502. The van der Waals surface area contributed by atoms with E-state index in [2.05, 4.69) is 20.3 Å². The predicted octanol–water partition coefficient (Wildman–Crippen LogP) is 0.0583. The van der Waals surface area contributed by atoms with E-state index in [1.807, 2.05) is 14.1 Å². The molecule has 0 saturated heterocycles. The Morgan fingerprint density at radius 3 is 2.63 bits per heavy atom. The molecule has 0 unspecified atom stereocenters. The topological polar surface area (TPSA) is 113 Å². The van der Waals surface area contributed by atoms with E-state index in [4.69, 9.17) is 5.84 Å². The molecule has 1 heterocycles. The lowest BCUT2D eigenvalue weighted by Crippen LogP contribution is -2.25. The van der Waals surface area contributed by atoms with Crippen LogP contribution in [-0.2, 0) is 0 Å². The van der Waals surface area contributed by atoms with Crippen molar-refractivity contribution in [2.24, 2.45) is 5.84 Å². The highest BCUT2D eigenvalue weighted by molar-refractivity contribution is 5.58. The standard InChI is InChI=1S/C10H19N7O2/c1-15(2)5-4-6-16(3)9-8(17(18)19)7-12-10(13-9)14-11/h7H,4-6,11H2,1-3H3,(H,12,13,14). The molecule has 1 rings (SSSR count). The molecule has 0 atom stereocenters. The van der Waals surface area contributed by atoms with Crippen molar-refractivity contribution in [3.8, 4) is 0 Å². The Morgan fingerprint density at radius 1 is 1.42 bits per heavy atom. The summed E-state index contributed by atoms with van der Waals surface area (Å²) in [5, 5.41) is 10.9. The first-order valence-electron chi connectivity index (χ1n) is 5.79. The predicted molar refractivity (Wildman–Crippen MR) is 72.9 cm³/mol. The van der Waals surface area contributed by atoms with Gasteiger partial charge in [0.15, 0.2) is 0 Å². The van der Waals surface area contributed by atoms with Crippen LogP contribution >= 0.6 is 0 Å². The first-order valence-corrected chi connectivity index (χ1v) is 5.79. The van der Waals surface area contributed by atoms with E-state index in [-0.39, 0.29) is 17.5 Å². The third kappa shape index (κ3) is 4.30. The fourth-order valence-electron chi connectivity index (χ4n) is 1.58. The Kier molecular flexibility index (Phi) is 5.39. The lowest BCUT2D eigenvalue weighted by Gasteiger charge is -2.19. The second-order valence-electron chi connectivity index (χ2n) is 4.38. The summed E-state index contributed by atoms with van der Waals surface area (Å²) in [7, 11) is 5.71. The van der Waals surface area contributed by atoms with Gasteiger partial charge in [0.1, 0.15) is 6.20 Å². The zero-order chi connectivity index (χ0) is 14.4. The van der Waals surface area contributed by atoms with Gasteiger partial charge < -0.3 is 9.80 Å². The van der Waals surface area contributed by atoms with Gasteiger partial charge in [0.25, 0.3) is 0 Å². The number of aromatic nitrogens is 2. The molecular weight excluding hydrogens is 250 g/mol. The maximum absolute atomic E-state index is 10.9. The molecule has 0 bridgehead atoms. The molecule has 0 fully saturated rings. The molecule has 0 saturated carbocycles. The molecule has 1 aromatic rings. The van der Waals surface area contributed by atoms with Gasteiger partial charge in [0.2, 0.25) is 11.8 Å². The lowest BCUT2D eigenvalue weighted by molar-refractivity contribution is -0.384. The van der Waals surface area contributed by atoms with Gasteiger partial charge in [-0.05, 0) is 27.1 Å². The van der Waals surface area contributed by atoms with E-state index in [0.29, 0.717) is 6.54 Å². The van der Waals surface area contributed by atoms with Crippen LogP contribution in [-0.4, -0.2) is 54.0 Å². The molecule has 0 aliphatic heterocycles. The average Bonchev–Trinajstić information content (AvgIpc) is 2.37. The zero-order valence-corrected chi connectivity index (χ0v) is 11.3. The zero-order valence-electron chi connectivity index (χ0n) is 11.3. The van der Waals surface area contributed by atoms with Crippen molar-refractivity contribution in [3.05, 3.63) is 16.3 Å². The third-order valence-corrected chi connectivity index (χ3v) is 2.54. The number of hydrogen-bond donors (Lipinski definition) is 2.